The van der Waals surface area contributed by atoms with Gasteiger partial charge in [0.25, 0.3) is 5.91 Å². The van der Waals surface area contributed by atoms with Gasteiger partial charge < -0.3 is 19.5 Å². The second kappa shape index (κ2) is 11.2. The van der Waals surface area contributed by atoms with Crippen molar-refractivity contribution in [3.05, 3.63) is 11.6 Å². The van der Waals surface area contributed by atoms with E-state index in [-0.39, 0.29) is 18.8 Å². The van der Waals surface area contributed by atoms with Crippen LogP contribution in [0.1, 0.15) is 33.6 Å². The van der Waals surface area contributed by atoms with Gasteiger partial charge in [-0.2, -0.15) is 0 Å². The van der Waals surface area contributed by atoms with Crippen LogP contribution in [0.4, 0.5) is 0 Å². The summed E-state index contributed by atoms with van der Waals surface area (Å²) in [7, 11) is 1.13. The molecular formula is C15H23NO7. The minimum Gasteiger partial charge on any atom is -0.465 e. The number of unbranched alkanes of at least 4 members (excludes halogenated alkanes) is 1. The van der Waals surface area contributed by atoms with Gasteiger partial charge in [-0.3, -0.25) is 4.79 Å². The van der Waals surface area contributed by atoms with Crippen LogP contribution in [0.25, 0.3) is 0 Å². The molecule has 0 rings (SSSR count). The van der Waals surface area contributed by atoms with Gasteiger partial charge in [0.05, 0.1) is 20.3 Å². The monoisotopic (exact) mass is 329 g/mol. The Morgan fingerprint density at radius 1 is 1.00 bits per heavy atom. The normalized spacial score (nSPS) is 10.9. The van der Waals surface area contributed by atoms with E-state index >= 15 is 0 Å². The van der Waals surface area contributed by atoms with Gasteiger partial charge in [-0.15, -0.1) is 0 Å². The third-order valence-corrected chi connectivity index (χ3v) is 2.61. The summed E-state index contributed by atoms with van der Waals surface area (Å²) in [5, 5.41) is 2.15. The van der Waals surface area contributed by atoms with Gasteiger partial charge >= 0.3 is 17.9 Å². The smallest absolute Gasteiger partial charge is 0.343 e. The molecule has 23 heavy (non-hydrogen) atoms. The molecule has 8 heteroatoms. The number of amides is 1. The Morgan fingerprint density at radius 3 is 1.91 bits per heavy atom. The lowest BCUT2D eigenvalue weighted by atomic mass is 10.1. The van der Waals surface area contributed by atoms with E-state index in [2.05, 4.69) is 10.1 Å². The molecule has 0 spiro atoms. The average molecular weight is 329 g/mol. The summed E-state index contributed by atoms with van der Waals surface area (Å²) in [5.74, 6) is -3.68. The van der Waals surface area contributed by atoms with E-state index in [1.165, 1.54) is 6.08 Å². The minimum atomic E-state index is -1.64. The maximum atomic E-state index is 12.2. The fourth-order valence-corrected chi connectivity index (χ4v) is 1.54. The number of methoxy groups -OCH3 is 1. The van der Waals surface area contributed by atoms with Crippen LogP contribution in [0.15, 0.2) is 11.6 Å². The van der Waals surface area contributed by atoms with Gasteiger partial charge in [-0.1, -0.05) is 19.4 Å². The molecule has 0 saturated heterocycles. The van der Waals surface area contributed by atoms with Crippen molar-refractivity contribution in [1.82, 2.24) is 5.32 Å². The van der Waals surface area contributed by atoms with Gasteiger partial charge in [0, 0.05) is 0 Å². The van der Waals surface area contributed by atoms with Gasteiger partial charge in [-0.25, -0.2) is 14.4 Å². The third kappa shape index (κ3) is 6.94. The fourth-order valence-electron chi connectivity index (χ4n) is 1.54. The fraction of sp³-hybridized carbons (Fsp3) is 0.600. The molecule has 0 aromatic heterocycles. The standard InChI is InChI=1S/C15H23NO7/c1-5-8-9-10(13(18)21-4)12(17)16-11(14(19)22-6-2)15(20)23-7-3/h9,11H,5-8H2,1-4H3,(H,16,17)/b10-9-. The van der Waals surface area contributed by atoms with Crippen LogP contribution in [-0.4, -0.2) is 50.2 Å². The van der Waals surface area contributed by atoms with E-state index in [0.717, 1.165) is 7.11 Å². The van der Waals surface area contributed by atoms with Crippen LogP contribution in [0.3, 0.4) is 0 Å². The van der Waals surface area contributed by atoms with E-state index in [1.807, 2.05) is 6.92 Å². The molecule has 0 unspecified atom stereocenters. The first-order valence-electron chi connectivity index (χ1n) is 7.35. The van der Waals surface area contributed by atoms with Crippen molar-refractivity contribution in [1.29, 1.82) is 0 Å². The molecule has 1 amide bonds. The Kier molecular flexibility index (Phi) is 10.1. The minimum absolute atomic E-state index is 0.0279. The van der Waals surface area contributed by atoms with Crippen molar-refractivity contribution in [2.75, 3.05) is 20.3 Å². The highest BCUT2D eigenvalue weighted by Crippen LogP contribution is 2.04. The molecule has 0 aromatic rings. The number of esters is 3. The molecule has 0 aliphatic rings. The largest absolute Gasteiger partial charge is 0.465 e. The highest BCUT2D eigenvalue weighted by molar-refractivity contribution is 6.18. The average Bonchev–Trinajstić information content (AvgIpc) is 2.52. The molecule has 0 bridgehead atoms. The number of carbonyl (C=O) groups excluding carboxylic acids is 4. The Labute approximate surface area is 135 Å². The molecule has 0 fully saturated rings. The zero-order valence-corrected chi connectivity index (χ0v) is 13.8. The highest BCUT2D eigenvalue weighted by Gasteiger charge is 2.33. The predicted octanol–water partition coefficient (Wildman–Crippen LogP) is 0.497. The quantitative estimate of drug-likeness (QED) is 0.216. The summed E-state index contributed by atoms with van der Waals surface area (Å²) < 4.78 is 14.0. The zero-order valence-electron chi connectivity index (χ0n) is 13.8. The molecular weight excluding hydrogens is 306 g/mol. The van der Waals surface area contributed by atoms with Crippen LogP contribution in [0.2, 0.25) is 0 Å². The number of hydrogen-bond donors (Lipinski definition) is 1. The lowest BCUT2D eigenvalue weighted by molar-refractivity contribution is -0.159. The van der Waals surface area contributed by atoms with E-state index in [0.29, 0.717) is 12.8 Å². The topological polar surface area (TPSA) is 108 Å². The Balaban J connectivity index is 5.28. The molecule has 0 aliphatic heterocycles. The van der Waals surface area contributed by atoms with Gasteiger partial charge in [0.2, 0.25) is 6.04 Å². The van der Waals surface area contributed by atoms with Crippen molar-refractivity contribution >= 4 is 23.8 Å². The number of hydrogen-bond acceptors (Lipinski definition) is 7. The van der Waals surface area contributed by atoms with Crippen molar-refractivity contribution in [2.45, 2.75) is 39.7 Å². The first-order valence-corrected chi connectivity index (χ1v) is 7.35. The molecule has 8 nitrogen and oxygen atoms in total. The summed E-state index contributed by atoms with van der Waals surface area (Å²) in [6.07, 6.45) is 2.54. The number of rotatable bonds is 9. The first-order chi connectivity index (χ1) is 10.9. The van der Waals surface area contributed by atoms with Gasteiger partial charge in [-0.05, 0) is 20.3 Å². The molecule has 1 N–H and O–H groups in total. The second-order valence-corrected chi connectivity index (χ2v) is 4.31. The van der Waals surface area contributed by atoms with Crippen LogP contribution in [0.5, 0.6) is 0 Å². The van der Waals surface area contributed by atoms with Crippen molar-refractivity contribution in [3.8, 4) is 0 Å². The summed E-state index contributed by atoms with van der Waals surface area (Å²) >= 11 is 0. The van der Waals surface area contributed by atoms with E-state index in [1.54, 1.807) is 13.8 Å². The summed E-state index contributed by atoms with van der Waals surface area (Å²) in [6, 6.07) is -1.64. The van der Waals surface area contributed by atoms with Crippen molar-refractivity contribution < 1.29 is 33.4 Å². The molecule has 0 atom stereocenters. The lowest BCUT2D eigenvalue weighted by Gasteiger charge is -2.16. The molecule has 0 radical (unpaired) electrons. The van der Waals surface area contributed by atoms with Crippen LogP contribution in [-0.2, 0) is 33.4 Å². The van der Waals surface area contributed by atoms with Crippen LogP contribution in [0, 0.1) is 0 Å². The van der Waals surface area contributed by atoms with E-state index < -0.39 is 29.9 Å². The Bertz CT molecular complexity index is 452. The van der Waals surface area contributed by atoms with Crippen LogP contribution < -0.4 is 5.32 Å². The molecule has 0 aliphatic carbocycles. The van der Waals surface area contributed by atoms with Crippen LogP contribution >= 0.6 is 0 Å². The number of ether oxygens (including phenoxy) is 3. The molecule has 0 saturated carbocycles. The maximum absolute atomic E-state index is 12.2. The van der Waals surface area contributed by atoms with E-state index in [4.69, 9.17) is 9.47 Å². The zero-order chi connectivity index (χ0) is 17.8. The SMILES string of the molecule is CCC/C=C(/C(=O)NC(C(=O)OCC)C(=O)OCC)C(=O)OC. The first kappa shape index (κ1) is 20.6. The number of allylic oxidation sites excluding steroid dienone is 1. The Hall–Kier alpha value is -2.38. The summed E-state index contributed by atoms with van der Waals surface area (Å²) in [5.41, 5.74) is -0.284. The Morgan fingerprint density at radius 2 is 1.52 bits per heavy atom. The van der Waals surface area contributed by atoms with Crippen molar-refractivity contribution in [2.24, 2.45) is 0 Å². The van der Waals surface area contributed by atoms with Crippen molar-refractivity contribution in [3.63, 3.8) is 0 Å². The summed E-state index contributed by atoms with van der Waals surface area (Å²) in [4.78, 5) is 47.4. The van der Waals surface area contributed by atoms with Gasteiger partial charge in [0.1, 0.15) is 5.57 Å². The lowest BCUT2D eigenvalue weighted by Crippen LogP contribution is -2.49. The summed E-state index contributed by atoms with van der Waals surface area (Å²) in [6.45, 7) is 5.04. The van der Waals surface area contributed by atoms with Gasteiger partial charge in [0.15, 0.2) is 0 Å². The second-order valence-electron chi connectivity index (χ2n) is 4.31. The molecule has 130 valence electrons. The number of carbonyl (C=O) groups is 4. The molecule has 0 heterocycles. The highest BCUT2D eigenvalue weighted by atomic mass is 16.6. The predicted molar refractivity (Wildman–Crippen MR) is 80.2 cm³/mol. The van der Waals surface area contributed by atoms with E-state index in [9.17, 15) is 19.2 Å². The number of nitrogens with one attached hydrogen (secondary N) is 1. The molecule has 0 aromatic carbocycles. The maximum Gasteiger partial charge on any atom is 0.343 e. The third-order valence-electron chi connectivity index (χ3n) is 2.61.